The van der Waals surface area contributed by atoms with Gasteiger partial charge in [0.05, 0.1) is 28.8 Å². The molecule has 0 bridgehead atoms. The third-order valence-corrected chi connectivity index (χ3v) is 7.40. The molecule has 8 nitrogen and oxygen atoms in total. The Morgan fingerprint density at radius 2 is 1.58 bits per heavy atom. The zero-order valence-corrected chi connectivity index (χ0v) is 21.6. The van der Waals surface area contributed by atoms with E-state index in [0.29, 0.717) is 5.39 Å². The maximum absolute atomic E-state index is 13.9. The second-order valence-electron chi connectivity index (χ2n) is 8.25. The first-order valence-corrected chi connectivity index (χ1v) is 11.7. The molecule has 0 amide bonds. The van der Waals surface area contributed by atoms with Crippen molar-refractivity contribution in [2.75, 3.05) is 14.2 Å². The zero-order valence-electron chi connectivity index (χ0n) is 18.6. The molecule has 2 aliphatic rings. The van der Waals surface area contributed by atoms with Crippen LogP contribution in [0.5, 0.6) is 17.2 Å². The van der Waals surface area contributed by atoms with Crippen molar-refractivity contribution in [3.8, 4) is 17.2 Å². The standard InChI is InChI=1S/C24H14Cl4O8/c1-23(35-3)15-14(22(33)36-23)19(31)13-12(20(15)32)17(29)8-5-4-7-6-9(24(26,27)28)16(25)21(34-2)10(7)11(8)18(13)30/h4-6,31-32H,1-3H3/t23-/m0/s1. The topological polar surface area (TPSA) is 119 Å². The lowest BCUT2D eigenvalue weighted by Crippen LogP contribution is -2.26. The van der Waals surface area contributed by atoms with Crippen LogP contribution in [0.1, 0.15) is 60.3 Å². The molecule has 0 saturated heterocycles. The number of rotatable bonds is 2. The number of esters is 1. The van der Waals surface area contributed by atoms with Crippen molar-refractivity contribution < 1.29 is 38.8 Å². The van der Waals surface area contributed by atoms with Gasteiger partial charge in [-0.3, -0.25) is 9.59 Å². The summed E-state index contributed by atoms with van der Waals surface area (Å²) in [6, 6.07) is 4.29. The number of carbonyl (C=O) groups excluding carboxylic acids is 3. The highest BCUT2D eigenvalue weighted by molar-refractivity contribution is 6.67. The minimum absolute atomic E-state index is 0.0480. The Morgan fingerprint density at radius 3 is 2.17 bits per heavy atom. The summed E-state index contributed by atoms with van der Waals surface area (Å²) in [5, 5.41) is 22.5. The zero-order chi connectivity index (χ0) is 26.5. The summed E-state index contributed by atoms with van der Waals surface area (Å²) in [6.45, 7) is 1.33. The van der Waals surface area contributed by atoms with Crippen LogP contribution in [-0.4, -0.2) is 42.0 Å². The number of halogens is 4. The number of aromatic hydroxyl groups is 2. The van der Waals surface area contributed by atoms with Gasteiger partial charge in [0.15, 0.2) is 11.6 Å². The lowest BCUT2D eigenvalue weighted by Gasteiger charge is -2.26. The number of phenols is 2. The molecule has 0 fully saturated rings. The predicted molar refractivity (Wildman–Crippen MR) is 131 cm³/mol. The first kappa shape index (κ1) is 24.9. The molecule has 0 saturated carbocycles. The van der Waals surface area contributed by atoms with E-state index in [-0.39, 0.29) is 38.4 Å². The number of hydrogen-bond acceptors (Lipinski definition) is 8. The van der Waals surface area contributed by atoms with Gasteiger partial charge in [0, 0.05) is 36.1 Å². The van der Waals surface area contributed by atoms with Gasteiger partial charge in [-0.05, 0) is 17.5 Å². The molecule has 0 radical (unpaired) electrons. The Balaban J connectivity index is 1.90. The van der Waals surface area contributed by atoms with Gasteiger partial charge in [-0.1, -0.05) is 52.5 Å². The van der Waals surface area contributed by atoms with E-state index in [1.54, 1.807) is 0 Å². The lowest BCUT2D eigenvalue weighted by atomic mass is 9.78. The molecule has 36 heavy (non-hydrogen) atoms. The molecule has 0 unspecified atom stereocenters. The molecule has 0 aromatic heterocycles. The Kier molecular flexibility index (Phi) is 5.45. The number of ether oxygens (including phenoxy) is 3. The molecule has 3 aromatic rings. The van der Waals surface area contributed by atoms with Crippen LogP contribution < -0.4 is 4.74 Å². The SMILES string of the molecule is COc1c(Cl)c(C(Cl)(Cl)Cl)cc2ccc3c(c12)C(=O)c1c(O)c2c(c(O)c1C3=O)[C@@](C)(OC)OC2=O. The van der Waals surface area contributed by atoms with Crippen molar-refractivity contribution in [3.63, 3.8) is 0 Å². The lowest BCUT2D eigenvalue weighted by molar-refractivity contribution is -0.173. The quantitative estimate of drug-likeness (QED) is 0.184. The number of phenolic OH excluding ortho intramolecular Hbond substituents is 2. The fourth-order valence-electron chi connectivity index (χ4n) is 4.75. The molecule has 1 heterocycles. The molecule has 1 aliphatic heterocycles. The van der Waals surface area contributed by atoms with E-state index < -0.39 is 55.3 Å². The van der Waals surface area contributed by atoms with Gasteiger partial charge >= 0.3 is 5.97 Å². The number of cyclic esters (lactones) is 1. The molecule has 5 rings (SSSR count). The molecule has 3 aromatic carbocycles. The molecule has 1 aliphatic carbocycles. The Bertz CT molecular complexity index is 1570. The number of carbonyl (C=O) groups is 3. The van der Waals surface area contributed by atoms with Gasteiger partial charge < -0.3 is 24.4 Å². The van der Waals surface area contributed by atoms with Crippen molar-refractivity contribution in [1.82, 2.24) is 0 Å². The van der Waals surface area contributed by atoms with Crippen LogP contribution in [0.15, 0.2) is 18.2 Å². The summed E-state index contributed by atoms with van der Waals surface area (Å²) in [7, 11) is 2.50. The van der Waals surface area contributed by atoms with E-state index in [2.05, 4.69) is 0 Å². The maximum Gasteiger partial charge on any atom is 0.345 e. The summed E-state index contributed by atoms with van der Waals surface area (Å²) in [5.41, 5.74) is -2.00. The van der Waals surface area contributed by atoms with Crippen LogP contribution in [0, 0.1) is 0 Å². The fraction of sp³-hybridized carbons (Fsp3) is 0.208. The van der Waals surface area contributed by atoms with Gasteiger partial charge in [-0.25, -0.2) is 4.79 Å². The van der Waals surface area contributed by atoms with E-state index in [4.69, 9.17) is 60.6 Å². The average molecular weight is 572 g/mol. The van der Waals surface area contributed by atoms with Gasteiger partial charge in [-0.2, -0.15) is 0 Å². The van der Waals surface area contributed by atoms with Crippen molar-refractivity contribution >= 4 is 74.7 Å². The monoisotopic (exact) mass is 570 g/mol. The van der Waals surface area contributed by atoms with E-state index in [1.807, 2.05) is 0 Å². The minimum atomic E-state index is -1.93. The highest BCUT2D eigenvalue weighted by Crippen LogP contribution is 2.54. The van der Waals surface area contributed by atoms with Gasteiger partial charge in [0.2, 0.25) is 9.58 Å². The highest BCUT2D eigenvalue weighted by Gasteiger charge is 2.51. The normalized spacial score (nSPS) is 18.7. The number of methoxy groups -OCH3 is 2. The van der Waals surface area contributed by atoms with Crippen molar-refractivity contribution in [2.24, 2.45) is 0 Å². The minimum Gasteiger partial charge on any atom is -0.507 e. The Labute approximate surface area is 223 Å². The molecule has 2 N–H and O–H groups in total. The third kappa shape index (κ3) is 3.09. The smallest absolute Gasteiger partial charge is 0.345 e. The van der Waals surface area contributed by atoms with Crippen LogP contribution in [0.25, 0.3) is 10.8 Å². The molecule has 1 atom stereocenters. The number of alkyl halides is 3. The Hall–Kier alpha value is -2.75. The van der Waals surface area contributed by atoms with Gasteiger partial charge in [0.25, 0.3) is 0 Å². The summed E-state index contributed by atoms with van der Waals surface area (Å²) < 4.78 is 13.9. The first-order valence-electron chi connectivity index (χ1n) is 10.2. The van der Waals surface area contributed by atoms with Crippen molar-refractivity contribution in [3.05, 3.63) is 62.2 Å². The van der Waals surface area contributed by atoms with E-state index in [0.717, 1.165) is 0 Å². The second kappa shape index (κ2) is 7.87. The van der Waals surface area contributed by atoms with Crippen molar-refractivity contribution in [1.29, 1.82) is 0 Å². The molecular formula is C24H14Cl4O8. The maximum atomic E-state index is 13.9. The summed E-state index contributed by atoms with van der Waals surface area (Å²) >= 11 is 24.6. The molecular weight excluding hydrogens is 558 g/mol. The summed E-state index contributed by atoms with van der Waals surface area (Å²) in [4.78, 5) is 40.1. The number of fused-ring (bicyclic) bond motifs is 5. The van der Waals surface area contributed by atoms with E-state index in [1.165, 1.54) is 39.3 Å². The Morgan fingerprint density at radius 1 is 0.944 bits per heavy atom. The number of ketones is 2. The number of hydrogen-bond donors (Lipinski definition) is 2. The third-order valence-electron chi connectivity index (χ3n) is 6.42. The van der Waals surface area contributed by atoms with Gasteiger partial charge in [0.1, 0.15) is 22.8 Å². The molecule has 186 valence electrons. The van der Waals surface area contributed by atoms with E-state index >= 15 is 0 Å². The van der Waals surface area contributed by atoms with Crippen LogP contribution in [-0.2, 0) is 19.1 Å². The van der Waals surface area contributed by atoms with Crippen LogP contribution in [0.3, 0.4) is 0 Å². The first-order chi connectivity index (χ1) is 16.8. The van der Waals surface area contributed by atoms with Gasteiger partial charge in [-0.15, -0.1) is 0 Å². The fourth-order valence-corrected chi connectivity index (χ4v) is 5.71. The van der Waals surface area contributed by atoms with E-state index in [9.17, 15) is 24.6 Å². The molecule has 12 heteroatoms. The predicted octanol–water partition coefficient (Wildman–Crippen LogP) is 5.50. The van der Waals surface area contributed by atoms with Crippen LogP contribution in [0.2, 0.25) is 5.02 Å². The second-order valence-corrected chi connectivity index (χ2v) is 10.9. The van der Waals surface area contributed by atoms with Crippen molar-refractivity contribution in [2.45, 2.75) is 16.5 Å². The highest BCUT2D eigenvalue weighted by atomic mass is 35.6. The summed E-state index contributed by atoms with van der Waals surface area (Å²) in [5.74, 6) is -6.08. The summed E-state index contributed by atoms with van der Waals surface area (Å²) in [6.07, 6.45) is 0. The average Bonchev–Trinajstić information content (AvgIpc) is 3.09. The molecule has 0 spiro atoms. The van der Waals surface area contributed by atoms with Crippen LogP contribution >= 0.6 is 46.4 Å². The van der Waals surface area contributed by atoms with Crippen LogP contribution in [0.4, 0.5) is 0 Å². The number of benzene rings is 3. The largest absolute Gasteiger partial charge is 0.507 e.